The molecule has 0 saturated carbocycles. The summed E-state index contributed by atoms with van der Waals surface area (Å²) in [4.78, 5) is 49.7. The Labute approximate surface area is 118 Å². The maximum absolute atomic E-state index is 11.9. The molecule has 110 valence electrons. The molecule has 1 unspecified atom stereocenters. The molecule has 0 radical (unpaired) electrons. The molecule has 0 aliphatic carbocycles. The average Bonchev–Trinajstić information content (AvgIpc) is 2.44. The lowest BCUT2D eigenvalue weighted by Crippen LogP contribution is -2.46. The van der Waals surface area contributed by atoms with E-state index in [-0.39, 0.29) is 6.61 Å². The Balaban J connectivity index is 2.15. The number of aromatic nitrogens is 3. The molecule has 1 atom stereocenters. The SMILES string of the molecule is CC(C(=O)OCc1ccccc1)n1c(=O)[nH]c(=O)[nH]c1=O. The van der Waals surface area contributed by atoms with Crippen molar-refractivity contribution in [3.05, 3.63) is 67.3 Å². The van der Waals surface area contributed by atoms with Gasteiger partial charge in [0.1, 0.15) is 12.6 Å². The monoisotopic (exact) mass is 291 g/mol. The second-order valence-corrected chi connectivity index (χ2v) is 4.33. The minimum Gasteiger partial charge on any atom is -0.459 e. The number of rotatable bonds is 4. The molecule has 1 heterocycles. The first kappa shape index (κ1) is 14.5. The largest absolute Gasteiger partial charge is 0.459 e. The van der Waals surface area contributed by atoms with E-state index in [4.69, 9.17) is 4.74 Å². The van der Waals surface area contributed by atoms with Crippen LogP contribution < -0.4 is 17.1 Å². The van der Waals surface area contributed by atoms with Crippen LogP contribution in [0, 0.1) is 0 Å². The van der Waals surface area contributed by atoms with Crippen LogP contribution in [0.3, 0.4) is 0 Å². The number of benzene rings is 1. The van der Waals surface area contributed by atoms with Crippen molar-refractivity contribution in [2.45, 2.75) is 19.6 Å². The summed E-state index contributed by atoms with van der Waals surface area (Å²) in [5.41, 5.74) is -2.08. The third-order valence-electron chi connectivity index (χ3n) is 2.83. The Morgan fingerprint density at radius 1 is 1.14 bits per heavy atom. The Morgan fingerprint density at radius 2 is 1.71 bits per heavy atom. The molecule has 0 fully saturated rings. The number of nitrogens with one attached hydrogen (secondary N) is 2. The number of ether oxygens (including phenoxy) is 1. The lowest BCUT2D eigenvalue weighted by molar-refractivity contribution is -0.148. The van der Waals surface area contributed by atoms with Crippen molar-refractivity contribution in [1.82, 2.24) is 14.5 Å². The van der Waals surface area contributed by atoms with Crippen LogP contribution in [0.1, 0.15) is 18.5 Å². The topological polar surface area (TPSA) is 114 Å². The van der Waals surface area contributed by atoms with Crippen molar-refractivity contribution in [2.24, 2.45) is 0 Å². The summed E-state index contributed by atoms with van der Waals surface area (Å²) in [5, 5.41) is 0. The fraction of sp³-hybridized carbons (Fsp3) is 0.231. The first-order chi connectivity index (χ1) is 9.99. The van der Waals surface area contributed by atoms with Crippen molar-refractivity contribution < 1.29 is 9.53 Å². The first-order valence-corrected chi connectivity index (χ1v) is 6.14. The Kier molecular flexibility index (Phi) is 4.17. The van der Waals surface area contributed by atoms with Crippen molar-refractivity contribution >= 4 is 5.97 Å². The van der Waals surface area contributed by atoms with Crippen LogP contribution >= 0.6 is 0 Å². The van der Waals surface area contributed by atoms with Gasteiger partial charge in [0.2, 0.25) is 0 Å². The van der Waals surface area contributed by atoms with Gasteiger partial charge in [-0.2, -0.15) is 0 Å². The summed E-state index contributed by atoms with van der Waals surface area (Å²) < 4.78 is 5.63. The highest BCUT2D eigenvalue weighted by molar-refractivity contribution is 5.73. The summed E-state index contributed by atoms with van der Waals surface area (Å²) in [5.74, 6) is -0.751. The zero-order chi connectivity index (χ0) is 15.4. The predicted molar refractivity (Wildman–Crippen MR) is 72.9 cm³/mol. The first-order valence-electron chi connectivity index (χ1n) is 6.14. The molecule has 0 aliphatic rings. The molecule has 0 saturated heterocycles. The zero-order valence-corrected chi connectivity index (χ0v) is 11.2. The summed E-state index contributed by atoms with van der Waals surface area (Å²) in [7, 11) is 0. The lowest BCUT2D eigenvalue weighted by Gasteiger charge is -2.12. The van der Waals surface area contributed by atoms with Crippen molar-refractivity contribution in [1.29, 1.82) is 0 Å². The molecule has 1 aromatic heterocycles. The van der Waals surface area contributed by atoms with Crippen LogP contribution in [0.4, 0.5) is 0 Å². The highest BCUT2D eigenvalue weighted by Crippen LogP contribution is 2.06. The van der Waals surface area contributed by atoms with Gasteiger partial charge < -0.3 is 4.74 Å². The molecule has 2 N–H and O–H groups in total. The van der Waals surface area contributed by atoms with E-state index in [1.54, 1.807) is 24.3 Å². The molecule has 21 heavy (non-hydrogen) atoms. The van der Waals surface area contributed by atoms with Crippen LogP contribution in [0.5, 0.6) is 0 Å². The highest BCUT2D eigenvalue weighted by atomic mass is 16.5. The normalized spacial score (nSPS) is 11.9. The zero-order valence-electron chi connectivity index (χ0n) is 11.2. The Hall–Kier alpha value is -2.90. The van der Waals surface area contributed by atoms with Gasteiger partial charge in [-0.3, -0.25) is 9.97 Å². The maximum atomic E-state index is 11.9. The summed E-state index contributed by atoms with van der Waals surface area (Å²) >= 11 is 0. The molecule has 0 spiro atoms. The van der Waals surface area contributed by atoms with Gasteiger partial charge >= 0.3 is 23.0 Å². The molecular formula is C13H13N3O5. The second kappa shape index (κ2) is 6.04. The predicted octanol–water partition coefficient (Wildman–Crippen LogP) is -0.471. The van der Waals surface area contributed by atoms with E-state index in [1.165, 1.54) is 6.92 Å². The van der Waals surface area contributed by atoms with Crippen LogP contribution in [0.2, 0.25) is 0 Å². The van der Waals surface area contributed by atoms with E-state index < -0.39 is 29.1 Å². The van der Waals surface area contributed by atoms with Gasteiger partial charge in [-0.05, 0) is 12.5 Å². The lowest BCUT2D eigenvalue weighted by atomic mass is 10.2. The summed E-state index contributed by atoms with van der Waals surface area (Å²) in [6, 6.07) is 7.82. The molecule has 1 aromatic carbocycles. The number of nitrogens with zero attached hydrogens (tertiary/aromatic N) is 1. The number of hydrogen-bond donors (Lipinski definition) is 2. The minimum atomic E-state index is -1.15. The molecule has 0 bridgehead atoms. The van der Waals surface area contributed by atoms with Crippen LogP contribution in [-0.4, -0.2) is 20.5 Å². The number of esters is 1. The van der Waals surface area contributed by atoms with E-state index in [0.29, 0.717) is 4.57 Å². The minimum absolute atomic E-state index is 0.0278. The van der Waals surface area contributed by atoms with E-state index in [9.17, 15) is 19.2 Å². The van der Waals surface area contributed by atoms with Gasteiger partial charge in [0.05, 0.1) is 0 Å². The maximum Gasteiger partial charge on any atom is 0.334 e. The number of H-pyrrole nitrogens is 2. The Morgan fingerprint density at radius 3 is 2.29 bits per heavy atom. The molecule has 0 aliphatic heterocycles. The van der Waals surface area contributed by atoms with Gasteiger partial charge in [-0.1, -0.05) is 30.3 Å². The van der Waals surface area contributed by atoms with Crippen LogP contribution in [-0.2, 0) is 16.1 Å². The van der Waals surface area contributed by atoms with Gasteiger partial charge in [0.15, 0.2) is 0 Å². The number of hydrogen-bond acceptors (Lipinski definition) is 5. The van der Waals surface area contributed by atoms with Gasteiger partial charge in [0.25, 0.3) is 0 Å². The van der Waals surface area contributed by atoms with Gasteiger partial charge in [0, 0.05) is 0 Å². The smallest absolute Gasteiger partial charge is 0.334 e. The quantitative estimate of drug-likeness (QED) is 0.739. The van der Waals surface area contributed by atoms with E-state index in [0.717, 1.165) is 5.56 Å². The summed E-state index contributed by atoms with van der Waals surface area (Å²) in [6.45, 7) is 1.36. The van der Waals surface area contributed by atoms with Crippen molar-refractivity contribution in [3.63, 3.8) is 0 Å². The molecular weight excluding hydrogens is 278 g/mol. The Bertz CT molecular complexity index is 769. The average molecular weight is 291 g/mol. The van der Waals surface area contributed by atoms with E-state index in [1.807, 2.05) is 16.0 Å². The third kappa shape index (κ3) is 3.35. The molecule has 8 heteroatoms. The number of aromatic amines is 2. The fourth-order valence-corrected chi connectivity index (χ4v) is 1.74. The fourth-order valence-electron chi connectivity index (χ4n) is 1.74. The van der Waals surface area contributed by atoms with Crippen LogP contribution in [0.15, 0.2) is 44.7 Å². The van der Waals surface area contributed by atoms with Crippen molar-refractivity contribution in [2.75, 3.05) is 0 Å². The number of carbonyl (C=O) groups excluding carboxylic acids is 1. The van der Waals surface area contributed by atoms with E-state index in [2.05, 4.69) is 0 Å². The third-order valence-corrected chi connectivity index (χ3v) is 2.83. The van der Waals surface area contributed by atoms with E-state index >= 15 is 0 Å². The molecule has 2 aromatic rings. The van der Waals surface area contributed by atoms with Gasteiger partial charge in [-0.25, -0.2) is 23.7 Å². The molecule has 2 rings (SSSR count). The molecule has 0 amide bonds. The standard InChI is InChI=1S/C13H13N3O5/c1-8(16-12(19)14-11(18)15-13(16)20)10(17)21-7-9-5-3-2-4-6-9/h2-6,8H,7H2,1H3,(H2,14,15,18,19,20). The van der Waals surface area contributed by atoms with Crippen molar-refractivity contribution in [3.8, 4) is 0 Å². The second-order valence-electron chi connectivity index (χ2n) is 4.33. The molecule has 8 nitrogen and oxygen atoms in total. The van der Waals surface area contributed by atoms with Crippen LogP contribution in [0.25, 0.3) is 0 Å². The number of carbonyl (C=O) groups is 1. The summed E-state index contributed by atoms with van der Waals surface area (Å²) in [6.07, 6.45) is 0. The highest BCUT2D eigenvalue weighted by Gasteiger charge is 2.20. The van der Waals surface area contributed by atoms with Gasteiger partial charge in [-0.15, -0.1) is 0 Å².